The van der Waals surface area contributed by atoms with Gasteiger partial charge < -0.3 is 14.4 Å². The molecule has 0 spiro atoms. The molecule has 0 saturated heterocycles. The molecule has 0 bridgehead atoms. The number of aromatic nitrogens is 1. The van der Waals surface area contributed by atoms with Gasteiger partial charge in [-0.25, -0.2) is 9.78 Å². The minimum atomic E-state index is -1.27. The van der Waals surface area contributed by atoms with Crippen molar-refractivity contribution in [1.29, 1.82) is 0 Å². The van der Waals surface area contributed by atoms with E-state index in [1.807, 2.05) is 0 Å². The van der Waals surface area contributed by atoms with E-state index in [2.05, 4.69) is 4.98 Å². The molecule has 0 amide bonds. The maximum absolute atomic E-state index is 11.2. The van der Waals surface area contributed by atoms with Gasteiger partial charge in [-0.05, 0) is 19.1 Å². The Bertz CT molecular complexity index is 695. The van der Waals surface area contributed by atoms with Gasteiger partial charge in [0.2, 0.25) is 0 Å². The lowest BCUT2D eigenvalue weighted by molar-refractivity contribution is -0.385. The van der Waals surface area contributed by atoms with E-state index in [9.17, 15) is 20.0 Å². The molecule has 8 heteroatoms. The van der Waals surface area contributed by atoms with E-state index in [-0.39, 0.29) is 17.1 Å². The molecule has 110 valence electrons. The number of carbonyl (C=O) groups is 1. The number of pyridine rings is 1. The molecule has 0 aliphatic heterocycles. The summed E-state index contributed by atoms with van der Waals surface area (Å²) >= 11 is 0. The number of aromatic carboxylic acids is 1. The van der Waals surface area contributed by atoms with E-state index in [1.54, 1.807) is 31.0 Å². The number of nitro groups is 1. The molecule has 0 fully saturated rings. The molecule has 0 saturated carbocycles. The summed E-state index contributed by atoms with van der Waals surface area (Å²) in [6.45, 7) is 2.11. The van der Waals surface area contributed by atoms with Gasteiger partial charge in [0, 0.05) is 13.1 Å². The van der Waals surface area contributed by atoms with E-state index >= 15 is 0 Å². The van der Waals surface area contributed by atoms with Crippen LogP contribution in [0.3, 0.4) is 0 Å². The monoisotopic (exact) mass is 291 g/mol. The van der Waals surface area contributed by atoms with Gasteiger partial charge >= 0.3 is 5.97 Å². The summed E-state index contributed by atoms with van der Waals surface area (Å²) in [7, 11) is 1.64. The first kappa shape index (κ1) is 14.5. The summed E-state index contributed by atoms with van der Waals surface area (Å²) < 4.78 is 5.41. The van der Waals surface area contributed by atoms with Crippen LogP contribution in [0.15, 0.2) is 28.8 Å². The van der Waals surface area contributed by atoms with Crippen LogP contribution >= 0.6 is 0 Å². The second-order valence-corrected chi connectivity index (χ2v) is 4.50. The van der Waals surface area contributed by atoms with Crippen molar-refractivity contribution in [2.45, 2.75) is 13.5 Å². The first-order valence-electron chi connectivity index (χ1n) is 6.02. The maximum atomic E-state index is 11.2. The van der Waals surface area contributed by atoms with E-state index in [4.69, 9.17) is 4.42 Å². The molecule has 2 aromatic heterocycles. The first-order valence-corrected chi connectivity index (χ1v) is 6.02. The van der Waals surface area contributed by atoms with Gasteiger partial charge in [0.15, 0.2) is 0 Å². The Morgan fingerprint density at radius 2 is 2.24 bits per heavy atom. The van der Waals surface area contributed by atoms with Crippen LogP contribution < -0.4 is 4.90 Å². The number of hydrogen-bond acceptors (Lipinski definition) is 6. The van der Waals surface area contributed by atoms with Gasteiger partial charge in [0.05, 0.1) is 11.5 Å². The molecule has 2 aromatic rings. The molecule has 21 heavy (non-hydrogen) atoms. The zero-order chi connectivity index (χ0) is 15.6. The minimum absolute atomic E-state index is 0.141. The van der Waals surface area contributed by atoms with Crippen LogP contribution in [0.1, 0.15) is 21.9 Å². The number of anilines is 1. The Morgan fingerprint density at radius 3 is 2.76 bits per heavy atom. The third kappa shape index (κ3) is 3.16. The fourth-order valence-corrected chi connectivity index (χ4v) is 1.89. The van der Waals surface area contributed by atoms with Crippen LogP contribution in [0.25, 0.3) is 0 Å². The molecule has 0 aliphatic carbocycles. The van der Waals surface area contributed by atoms with Crippen LogP contribution in [-0.2, 0) is 6.54 Å². The predicted molar refractivity (Wildman–Crippen MR) is 73.4 cm³/mol. The average Bonchev–Trinajstić information content (AvgIpc) is 2.83. The molecule has 0 unspecified atom stereocenters. The molecule has 1 N–H and O–H groups in total. The van der Waals surface area contributed by atoms with E-state index in [0.29, 0.717) is 12.3 Å². The van der Waals surface area contributed by atoms with Crippen LogP contribution in [-0.4, -0.2) is 28.0 Å². The van der Waals surface area contributed by atoms with Crippen molar-refractivity contribution in [3.8, 4) is 0 Å². The van der Waals surface area contributed by atoms with Crippen LogP contribution in [0.2, 0.25) is 0 Å². The van der Waals surface area contributed by atoms with Crippen molar-refractivity contribution in [3.63, 3.8) is 0 Å². The smallest absolute Gasteiger partial charge is 0.339 e. The number of carboxylic acids is 1. The lowest BCUT2D eigenvalue weighted by atomic mass is 10.2. The zero-order valence-corrected chi connectivity index (χ0v) is 11.4. The topological polar surface area (TPSA) is 110 Å². The largest absolute Gasteiger partial charge is 0.478 e. The fourth-order valence-electron chi connectivity index (χ4n) is 1.89. The summed E-state index contributed by atoms with van der Waals surface area (Å²) in [6.07, 6.45) is 1.03. The molecule has 0 aliphatic rings. The van der Waals surface area contributed by atoms with Gasteiger partial charge in [-0.1, -0.05) is 0 Å². The van der Waals surface area contributed by atoms with E-state index in [1.165, 1.54) is 0 Å². The van der Waals surface area contributed by atoms with Crippen molar-refractivity contribution >= 4 is 17.5 Å². The maximum Gasteiger partial charge on any atom is 0.339 e. The van der Waals surface area contributed by atoms with Gasteiger partial charge in [-0.2, -0.15) is 0 Å². The van der Waals surface area contributed by atoms with Crippen molar-refractivity contribution in [2.24, 2.45) is 0 Å². The van der Waals surface area contributed by atoms with Crippen molar-refractivity contribution in [2.75, 3.05) is 11.9 Å². The number of furan rings is 1. The average molecular weight is 291 g/mol. The Kier molecular flexibility index (Phi) is 3.88. The third-order valence-corrected chi connectivity index (χ3v) is 2.84. The van der Waals surface area contributed by atoms with Crippen LogP contribution in [0.4, 0.5) is 11.5 Å². The summed E-state index contributed by atoms with van der Waals surface area (Å²) in [5.74, 6) is 0.255. The molecule has 0 aromatic carbocycles. The second kappa shape index (κ2) is 5.61. The number of nitrogens with zero attached hydrogens (tertiary/aromatic N) is 3. The summed E-state index contributed by atoms with van der Waals surface area (Å²) in [4.78, 5) is 26.7. The number of carboxylic acid groups (broad SMARTS) is 1. The highest BCUT2D eigenvalue weighted by Gasteiger charge is 2.20. The third-order valence-electron chi connectivity index (χ3n) is 2.84. The summed E-state index contributed by atoms with van der Waals surface area (Å²) in [5, 5.41) is 19.9. The van der Waals surface area contributed by atoms with Crippen LogP contribution in [0, 0.1) is 17.0 Å². The minimum Gasteiger partial charge on any atom is -0.478 e. The molecule has 0 radical (unpaired) electrons. The standard InChI is InChI=1S/C13H13N3O5/c1-8-3-4-10(21-8)7-15(2)12-11(13(17)18)5-9(6-14-12)16(19)20/h3-6H,7H2,1-2H3,(H,17,18). The van der Waals surface area contributed by atoms with E-state index < -0.39 is 10.9 Å². The number of hydrogen-bond donors (Lipinski definition) is 1. The highest BCUT2D eigenvalue weighted by molar-refractivity contribution is 5.94. The number of aryl methyl sites for hydroxylation is 1. The quantitative estimate of drug-likeness (QED) is 0.664. The Hall–Kier alpha value is -2.90. The van der Waals surface area contributed by atoms with Crippen molar-refractivity contribution < 1.29 is 19.2 Å². The van der Waals surface area contributed by atoms with E-state index in [0.717, 1.165) is 18.0 Å². The molecule has 8 nitrogen and oxygen atoms in total. The van der Waals surface area contributed by atoms with Crippen molar-refractivity contribution in [1.82, 2.24) is 4.98 Å². The molecule has 2 heterocycles. The molecule has 0 atom stereocenters. The highest BCUT2D eigenvalue weighted by Crippen LogP contribution is 2.23. The number of rotatable bonds is 5. The van der Waals surface area contributed by atoms with Crippen LogP contribution in [0.5, 0.6) is 0 Å². The first-order chi connectivity index (χ1) is 9.88. The zero-order valence-electron chi connectivity index (χ0n) is 11.4. The van der Waals surface area contributed by atoms with Gasteiger partial charge in [0.25, 0.3) is 5.69 Å². The SMILES string of the molecule is Cc1ccc(CN(C)c2ncc([N+](=O)[O-])cc2C(=O)O)o1. The molecule has 2 rings (SSSR count). The lowest BCUT2D eigenvalue weighted by Gasteiger charge is -2.18. The summed E-state index contributed by atoms with van der Waals surface area (Å²) in [6, 6.07) is 4.57. The van der Waals surface area contributed by atoms with Gasteiger partial charge in [-0.15, -0.1) is 0 Å². The Labute approximate surface area is 119 Å². The predicted octanol–water partition coefficient (Wildman–Crippen LogP) is 2.23. The Balaban J connectivity index is 2.33. The second-order valence-electron chi connectivity index (χ2n) is 4.50. The fraction of sp³-hybridized carbons (Fsp3) is 0.231. The lowest BCUT2D eigenvalue weighted by Crippen LogP contribution is -2.20. The Morgan fingerprint density at radius 1 is 1.52 bits per heavy atom. The molecular weight excluding hydrogens is 278 g/mol. The summed E-state index contributed by atoms with van der Waals surface area (Å²) in [5.41, 5.74) is -0.589. The van der Waals surface area contributed by atoms with Gasteiger partial charge in [0.1, 0.15) is 29.1 Å². The van der Waals surface area contributed by atoms with Gasteiger partial charge in [-0.3, -0.25) is 10.1 Å². The highest BCUT2D eigenvalue weighted by atomic mass is 16.6. The molecular formula is C13H13N3O5. The normalized spacial score (nSPS) is 10.4. The van der Waals surface area contributed by atoms with Crippen molar-refractivity contribution in [3.05, 3.63) is 51.6 Å².